The molecule has 0 aromatic heterocycles. The Labute approximate surface area is 357 Å². The van der Waals surface area contributed by atoms with Gasteiger partial charge in [0.25, 0.3) is 0 Å². The van der Waals surface area contributed by atoms with Gasteiger partial charge < -0.3 is 64.2 Å². The third kappa shape index (κ3) is 22.0. The van der Waals surface area contributed by atoms with E-state index in [9.17, 15) is 45.3 Å². The lowest BCUT2D eigenvalue weighted by Crippen LogP contribution is -2.61. The molecule has 2 rings (SSSR count). The summed E-state index contributed by atoms with van der Waals surface area (Å²) < 4.78 is 33.4. The normalized spacial score (nSPS) is 28.0. The molecular formula is C45H76O15. The van der Waals surface area contributed by atoms with Crippen LogP contribution in [-0.4, -0.2) is 142 Å². The van der Waals surface area contributed by atoms with Crippen LogP contribution in [0.5, 0.6) is 0 Å². The van der Waals surface area contributed by atoms with Gasteiger partial charge in [0.05, 0.1) is 19.8 Å². The van der Waals surface area contributed by atoms with Crippen LogP contribution >= 0.6 is 0 Å². The quantitative estimate of drug-likeness (QED) is 0.0283. The first kappa shape index (κ1) is 53.6. The summed E-state index contributed by atoms with van der Waals surface area (Å²) in [6.45, 7) is 2.36. The van der Waals surface area contributed by atoms with Gasteiger partial charge in [-0.15, -0.1) is 0 Å². The van der Waals surface area contributed by atoms with Crippen molar-refractivity contribution in [3.8, 4) is 0 Å². The number of unbranched alkanes of at least 4 members (excludes halogenated alkanes) is 13. The van der Waals surface area contributed by atoms with E-state index in [4.69, 9.17) is 28.4 Å². The standard InChI is InChI=1S/C45H76O15/c1-3-5-7-9-11-13-14-15-16-17-18-20-21-23-25-27-36(47)55-30-33(58-37(48)28-26-24-22-19-12-10-8-6-4-2)31-56-44-43(54)41(52)39(50)35(60-44)32-57-45-42(53)40(51)38(49)34(29-46)59-45/h5,7,9,11,13-16,33-35,38-46,49-54H,3-4,6,8,10,12,17-32H2,1-2H3/b7-5+,11-9+,14-13+,16-15+/t33-,34-,35-,38+,39+,40?,41?,42?,43?,44-,45-/m1/s1. The maximum absolute atomic E-state index is 12.9. The average Bonchev–Trinajstić information content (AvgIpc) is 3.24. The highest BCUT2D eigenvalue weighted by Gasteiger charge is 2.47. The molecule has 15 heteroatoms. The van der Waals surface area contributed by atoms with Crippen molar-refractivity contribution < 1.29 is 73.8 Å². The van der Waals surface area contributed by atoms with Gasteiger partial charge in [0.15, 0.2) is 18.7 Å². The Morgan fingerprint density at radius 1 is 0.550 bits per heavy atom. The second-order valence-electron chi connectivity index (χ2n) is 15.6. The van der Waals surface area contributed by atoms with E-state index in [1.807, 2.05) is 36.5 Å². The van der Waals surface area contributed by atoms with E-state index >= 15 is 0 Å². The van der Waals surface area contributed by atoms with E-state index in [-0.39, 0.29) is 19.4 Å². The predicted octanol–water partition coefficient (Wildman–Crippen LogP) is 4.37. The van der Waals surface area contributed by atoms with Gasteiger partial charge >= 0.3 is 11.9 Å². The summed E-state index contributed by atoms with van der Waals surface area (Å²) in [5, 5.41) is 71.7. The zero-order chi connectivity index (χ0) is 44.0. The molecular weight excluding hydrogens is 780 g/mol. The number of esters is 2. The molecule has 2 aliphatic heterocycles. The largest absolute Gasteiger partial charge is 0.462 e. The van der Waals surface area contributed by atoms with Gasteiger partial charge in [-0.1, -0.05) is 133 Å². The van der Waals surface area contributed by atoms with Crippen LogP contribution in [0.4, 0.5) is 0 Å². The molecule has 0 aromatic rings. The van der Waals surface area contributed by atoms with Crippen LogP contribution in [0.15, 0.2) is 48.6 Å². The number of aliphatic hydroxyl groups excluding tert-OH is 7. The number of hydrogen-bond acceptors (Lipinski definition) is 15. The lowest BCUT2D eigenvalue weighted by atomic mass is 9.98. The van der Waals surface area contributed by atoms with Crippen LogP contribution in [0.1, 0.15) is 129 Å². The van der Waals surface area contributed by atoms with Crippen molar-refractivity contribution >= 4 is 11.9 Å². The molecule has 346 valence electrons. The lowest BCUT2D eigenvalue weighted by molar-refractivity contribution is -0.332. The van der Waals surface area contributed by atoms with Crippen LogP contribution in [0, 0.1) is 0 Å². The maximum Gasteiger partial charge on any atom is 0.306 e. The topological polar surface area (TPSA) is 231 Å². The van der Waals surface area contributed by atoms with Crippen molar-refractivity contribution in [2.24, 2.45) is 0 Å². The minimum absolute atomic E-state index is 0.159. The molecule has 2 saturated heterocycles. The van der Waals surface area contributed by atoms with Crippen molar-refractivity contribution in [1.29, 1.82) is 0 Å². The summed E-state index contributed by atoms with van der Waals surface area (Å²) in [5.41, 5.74) is 0. The number of carbonyl (C=O) groups excluding carboxylic acids is 2. The first-order valence-corrected chi connectivity index (χ1v) is 22.3. The van der Waals surface area contributed by atoms with Gasteiger partial charge in [-0.3, -0.25) is 9.59 Å². The minimum Gasteiger partial charge on any atom is -0.462 e. The smallest absolute Gasteiger partial charge is 0.306 e. The van der Waals surface area contributed by atoms with Crippen LogP contribution in [0.2, 0.25) is 0 Å². The first-order valence-electron chi connectivity index (χ1n) is 22.3. The Hall–Kier alpha value is -2.54. The molecule has 0 aliphatic carbocycles. The summed E-state index contributed by atoms with van der Waals surface area (Å²) in [7, 11) is 0. The summed E-state index contributed by atoms with van der Waals surface area (Å²) in [6, 6.07) is 0. The number of hydrogen-bond donors (Lipinski definition) is 7. The Morgan fingerprint density at radius 2 is 1.05 bits per heavy atom. The van der Waals surface area contributed by atoms with Crippen molar-refractivity contribution in [3.63, 3.8) is 0 Å². The van der Waals surface area contributed by atoms with Gasteiger partial charge in [0.2, 0.25) is 0 Å². The molecule has 2 fully saturated rings. The fraction of sp³-hybridized carbons (Fsp3) is 0.778. The molecule has 0 spiro atoms. The Balaban J connectivity index is 1.86. The SMILES string of the molecule is CC/C=C/C=C/C=C/C=C/CCCCCCCC(=O)OC[C@H](CO[C@@H]1O[C@H](CO[C@@H]2O[C@H](CO)[C@H](O)C(O)C2O)[C@H](O)C(O)C1O)OC(=O)CCCCCCCCCCC. The highest BCUT2D eigenvalue weighted by molar-refractivity contribution is 5.70. The number of aliphatic hydroxyl groups is 7. The van der Waals surface area contributed by atoms with Gasteiger partial charge in [-0.05, 0) is 32.1 Å². The molecule has 4 unspecified atom stereocenters. The molecule has 2 heterocycles. The van der Waals surface area contributed by atoms with Gasteiger partial charge in [-0.2, -0.15) is 0 Å². The van der Waals surface area contributed by atoms with E-state index in [2.05, 4.69) is 26.0 Å². The number of carbonyl (C=O) groups is 2. The molecule has 7 N–H and O–H groups in total. The molecule has 2 aliphatic rings. The van der Waals surface area contributed by atoms with Crippen molar-refractivity contribution in [3.05, 3.63) is 48.6 Å². The van der Waals surface area contributed by atoms with Crippen LogP contribution in [0.3, 0.4) is 0 Å². The van der Waals surface area contributed by atoms with Crippen LogP contribution in [-0.2, 0) is 38.0 Å². The zero-order valence-corrected chi connectivity index (χ0v) is 35.9. The summed E-state index contributed by atoms with van der Waals surface area (Å²) >= 11 is 0. The molecule has 0 saturated carbocycles. The fourth-order valence-electron chi connectivity index (χ4n) is 6.70. The number of rotatable bonds is 32. The van der Waals surface area contributed by atoms with Gasteiger partial charge in [0, 0.05) is 12.8 Å². The van der Waals surface area contributed by atoms with E-state index in [0.717, 1.165) is 57.8 Å². The second kappa shape index (κ2) is 33.1. The third-order valence-electron chi connectivity index (χ3n) is 10.4. The Kier molecular flexibility index (Phi) is 29.5. The monoisotopic (exact) mass is 857 g/mol. The highest BCUT2D eigenvalue weighted by atomic mass is 16.7. The average molecular weight is 857 g/mol. The molecule has 60 heavy (non-hydrogen) atoms. The zero-order valence-electron chi connectivity index (χ0n) is 35.9. The summed E-state index contributed by atoms with van der Waals surface area (Å²) in [6.07, 6.45) is 16.0. The van der Waals surface area contributed by atoms with Gasteiger partial charge in [-0.25, -0.2) is 0 Å². The van der Waals surface area contributed by atoms with Crippen LogP contribution < -0.4 is 0 Å². The van der Waals surface area contributed by atoms with Crippen LogP contribution in [0.25, 0.3) is 0 Å². The van der Waals surface area contributed by atoms with Crippen molar-refractivity contribution in [2.45, 2.75) is 197 Å². The Bertz CT molecular complexity index is 1240. The molecule has 0 bridgehead atoms. The van der Waals surface area contributed by atoms with Gasteiger partial charge in [0.1, 0.15) is 55.4 Å². The fourth-order valence-corrected chi connectivity index (χ4v) is 6.70. The molecule has 0 radical (unpaired) electrons. The first-order chi connectivity index (χ1) is 29.0. The third-order valence-corrected chi connectivity index (χ3v) is 10.4. The molecule has 0 aromatic carbocycles. The highest BCUT2D eigenvalue weighted by Crippen LogP contribution is 2.26. The minimum atomic E-state index is -1.77. The maximum atomic E-state index is 12.9. The predicted molar refractivity (Wildman–Crippen MR) is 224 cm³/mol. The second-order valence-corrected chi connectivity index (χ2v) is 15.6. The number of ether oxygens (including phenoxy) is 6. The Morgan fingerprint density at radius 3 is 1.65 bits per heavy atom. The summed E-state index contributed by atoms with van der Waals surface area (Å²) in [5.74, 6) is -0.960. The van der Waals surface area contributed by atoms with E-state index in [0.29, 0.717) is 12.8 Å². The molecule has 15 nitrogen and oxygen atoms in total. The van der Waals surface area contributed by atoms with Crippen molar-refractivity contribution in [2.75, 3.05) is 26.4 Å². The lowest BCUT2D eigenvalue weighted by Gasteiger charge is -2.42. The van der Waals surface area contributed by atoms with E-state index < -0.39 is 99.3 Å². The molecule has 0 amide bonds. The molecule has 11 atom stereocenters. The van der Waals surface area contributed by atoms with Crippen molar-refractivity contribution in [1.82, 2.24) is 0 Å². The number of allylic oxidation sites excluding steroid dienone is 8. The van der Waals surface area contributed by atoms with E-state index in [1.165, 1.54) is 32.1 Å². The summed E-state index contributed by atoms with van der Waals surface area (Å²) in [4.78, 5) is 25.5. The van der Waals surface area contributed by atoms with E-state index in [1.54, 1.807) is 0 Å².